The molecule has 4 unspecified atom stereocenters. The van der Waals surface area contributed by atoms with Gasteiger partial charge in [-0.2, -0.15) is 5.10 Å². The third-order valence-electron chi connectivity index (χ3n) is 4.82. The van der Waals surface area contributed by atoms with E-state index in [2.05, 4.69) is 21.0 Å². The number of ether oxygens (including phenoxy) is 1. The van der Waals surface area contributed by atoms with Crippen molar-refractivity contribution < 1.29 is 9.84 Å². The lowest BCUT2D eigenvalue weighted by atomic mass is 9.83. The van der Waals surface area contributed by atoms with Gasteiger partial charge in [0, 0.05) is 7.11 Å². The minimum absolute atomic E-state index is 0.399. The van der Waals surface area contributed by atoms with E-state index in [1.165, 1.54) is 25.7 Å². The average Bonchev–Trinajstić information content (AvgIpc) is 3.10. The fourth-order valence-corrected chi connectivity index (χ4v) is 4.44. The molecule has 4 nitrogen and oxygen atoms in total. The number of hydrogen-bond donors (Lipinski definition) is 1. The molecule has 1 aromatic rings. The van der Waals surface area contributed by atoms with E-state index in [9.17, 15) is 5.11 Å². The Kier molecular flexibility index (Phi) is 3.96. The third kappa shape index (κ3) is 2.48. The molecule has 5 heteroatoms. The zero-order valence-electron chi connectivity index (χ0n) is 11.3. The van der Waals surface area contributed by atoms with Crippen LogP contribution < -0.4 is 0 Å². The molecule has 2 aliphatic carbocycles. The zero-order valence-corrected chi connectivity index (χ0v) is 12.8. The Morgan fingerprint density at radius 1 is 1.53 bits per heavy atom. The van der Waals surface area contributed by atoms with E-state index in [4.69, 9.17) is 4.74 Å². The van der Waals surface area contributed by atoms with Crippen LogP contribution in [-0.2, 0) is 11.3 Å². The van der Waals surface area contributed by atoms with Gasteiger partial charge in [-0.05, 0) is 52.9 Å². The molecule has 0 aliphatic heterocycles. The topological polar surface area (TPSA) is 47.3 Å². The maximum atomic E-state index is 10.8. The molecule has 1 N–H and O–H groups in total. The number of aliphatic hydroxyl groups excluding tert-OH is 1. The molecule has 0 saturated heterocycles. The van der Waals surface area contributed by atoms with E-state index in [0.29, 0.717) is 25.0 Å². The first-order chi connectivity index (χ1) is 9.20. The van der Waals surface area contributed by atoms with E-state index in [1.807, 2.05) is 4.68 Å². The smallest absolute Gasteiger partial charge is 0.0998 e. The maximum Gasteiger partial charge on any atom is 0.0998 e. The summed E-state index contributed by atoms with van der Waals surface area (Å²) in [4.78, 5) is 0. The quantitative estimate of drug-likeness (QED) is 0.904. The van der Waals surface area contributed by atoms with Crippen molar-refractivity contribution in [3.05, 3.63) is 16.4 Å². The molecule has 2 saturated carbocycles. The predicted octanol–water partition coefficient (Wildman–Crippen LogP) is 2.76. The summed E-state index contributed by atoms with van der Waals surface area (Å²) < 4.78 is 7.90. The fourth-order valence-electron chi connectivity index (χ4n) is 3.91. The summed E-state index contributed by atoms with van der Waals surface area (Å²) in [6.45, 7) is 1.31. The number of aliphatic hydroxyl groups is 1. The van der Waals surface area contributed by atoms with Crippen LogP contribution in [0, 0.1) is 17.8 Å². The van der Waals surface area contributed by atoms with Gasteiger partial charge < -0.3 is 9.84 Å². The monoisotopic (exact) mass is 328 g/mol. The molecular weight excluding hydrogens is 308 g/mol. The molecule has 1 aromatic heterocycles. The summed E-state index contributed by atoms with van der Waals surface area (Å²) in [7, 11) is 1.69. The van der Waals surface area contributed by atoms with Gasteiger partial charge >= 0.3 is 0 Å². The molecule has 0 spiro atoms. The van der Waals surface area contributed by atoms with Gasteiger partial charge in [-0.3, -0.25) is 4.68 Å². The SMILES string of the molecule is COCCn1ncc(Br)c1C(O)C1CC2CCC1C2. The Morgan fingerprint density at radius 2 is 2.37 bits per heavy atom. The van der Waals surface area contributed by atoms with Crippen LogP contribution in [-0.4, -0.2) is 28.6 Å². The van der Waals surface area contributed by atoms with Crippen LogP contribution in [0.1, 0.15) is 37.5 Å². The van der Waals surface area contributed by atoms with Crippen LogP contribution in [0.3, 0.4) is 0 Å². The van der Waals surface area contributed by atoms with Crippen LogP contribution in [0.5, 0.6) is 0 Å². The summed E-state index contributed by atoms with van der Waals surface area (Å²) in [6.07, 6.45) is 6.51. The molecule has 4 atom stereocenters. The lowest BCUT2D eigenvalue weighted by molar-refractivity contribution is 0.0644. The van der Waals surface area contributed by atoms with Crippen molar-refractivity contribution >= 4 is 15.9 Å². The summed E-state index contributed by atoms with van der Waals surface area (Å²) in [5.74, 6) is 1.96. The average molecular weight is 329 g/mol. The Morgan fingerprint density at radius 3 is 3.00 bits per heavy atom. The highest BCUT2D eigenvalue weighted by atomic mass is 79.9. The first kappa shape index (κ1) is 13.6. The van der Waals surface area contributed by atoms with Crippen molar-refractivity contribution in [3.8, 4) is 0 Å². The van der Waals surface area contributed by atoms with Gasteiger partial charge in [-0.1, -0.05) is 6.42 Å². The normalized spacial score (nSPS) is 31.0. The highest BCUT2D eigenvalue weighted by molar-refractivity contribution is 9.10. The van der Waals surface area contributed by atoms with Crippen LogP contribution in [0.25, 0.3) is 0 Å². The molecule has 0 aromatic carbocycles. The summed E-state index contributed by atoms with van der Waals surface area (Å²) in [6, 6.07) is 0. The number of methoxy groups -OCH3 is 1. The standard InChI is InChI=1S/C14H21BrN2O2/c1-19-5-4-17-13(12(15)8-16-17)14(18)11-7-9-2-3-10(11)6-9/h8-11,14,18H,2-7H2,1H3. The molecule has 3 rings (SSSR count). The number of aromatic nitrogens is 2. The highest BCUT2D eigenvalue weighted by Crippen LogP contribution is 2.53. The highest BCUT2D eigenvalue weighted by Gasteiger charge is 2.44. The summed E-state index contributed by atoms with van der Waals surface area (Å²) in [5, 5.41) is 15.1. The van der Waals surface area contributed by atoms with Crippen molar-refractivity contribution in [2.75, 3.05) is 13.7 Å². The Labute approximate surface area is 122 Å². The molecule has 1 heterocycles. The minimum Gasteiger partial charge on any atom is -0.386 e. The summed E-state index contributed by atoms with van der Waals surface area (Å²) in [5.41, 5.74) is 0.926. The molecule has 2 aliphatic rings. The number of hydrogen-bond acceptors (Lipinski definition) is 3. The minimum atomic E-state index is -0.399. The predicted molar refractivity (Wildman–Crippen MR) is 75.7 cm³/mol. The lowest BCUT2D eigenvalue weighted by Gasteiger charge is -2.27. The van der Waals surface area contributed by atoms with Gasteiger partial charge in [0.1, 0.15) is 0 Å². The molecular formula is C14H21BrN2O2. The molecule has 0 radical (unpaired) electrons. The van der Waals surface area contributed by atoms with Crippen LogP contribution >= 0.6 is 15.9 Å². The van der Waals surface area contributed by atoms with Crippen molar-refractivity contribution in [1.29, 1.82) is 0 Å². The molecule has 106 valence electrons. The van der Waals surface area contributed by atoms with Crippen LogP contribution in [0.4, 0.5) is 0 Å². The van der Waals surface area contributed by atoms with Crippen molar-refractivity contribution in [1.82, 2.24) is 9.78 Å². The first-order valence-corrected chi connectivity index (χ1v) is 7.88. The van der Waals surface area contributed by atoms with Gasteiger partial charge in [-0.15, -0.1) is 0 Å². The molecule has 2 bridgehead atoms. The van der Waals surface area contributed by atoms with Gasteiger partial charge in [0.25, 0.3) is 0 Å². The van der Waals surface area contributed by atoms with E-state index in [-0.39, 0.29) is 0 Å². The number of fused-ring (bicyclic) bond motifs is 2. The van der Waals surface area contributed by atoms with Crippen molar-refractivity contribution in [2.24, 2.45) is 17.8 Å². The van der Waals surface area contributed by atoms with E-state index < -0.39 is 6.10 Å². The third-order valence-corrected chi connectivity index (χ3v) is 5.43. The Bertz CT molecular complexity index is 449. The van der Waals surface area contributed by atoms with Crippen molar-refractivity contribution in [2.45, 2.75) is 38.3 Å². The van der Waals surface area contributed by atoms with Crippen LogP contribution in [0.15, 0.2) is 10.7 Å². The van der Waals surface area contributed by atoms with E-state index >= 15 is 0 Å². The number of nitrogens with zero attached hydrogens (tertiary/aromatic N) is 2. The van der Waals surface area contributed by atoms with E-state index in [1.54, 1.807) is 13.3 Å². The zero-order chi connectivity index (χ0) is 13.4. The van der Waals surface area contributed by atoms with Crippen LogP contribution in [0.2, 0.25) is 0 Å². The van der Waals surface area contributed by atoms with Gasteiger partial charge in [0.2, 0.25) is 0 Å². The first-order valence-electron chi connectivity index (χ1n) is 7.09. The summed E-state index contributed by atoms with van der Waals surface area (Å²) >= 11 is 3.53. The number of halogens is 1. The second-order valence-corrected chi connectivity index (χ2v) is 6.73. The Balaban J connectivity index is 1.79. The second kappa shape index (κ2) is 5.54. The van der Waals surface area contributed by atoms with Crippen molar-refractivity contribution in [3.63, 3.8) is 0 Å². The van der Waals surface area contributed by atoms with Gasteiger partial charge in [-0.25, -0.2) is 0 Å². The largest absolute Gasteiger partial charge is 0.386 e. The molecule has 19 heavy (non-hydrogen) atoms. The van der Waals surface area contributed by atoms with Gasteiger partial charge in [0.05, 0.1) is 35.6 Å². The van der Waals surface area contributed by atoms with Gasteiger partial charge in [0.15, 0.2) is 0 Å². The maximum absolute atomic E-state index is 10.8. The molecule has 2 fully saturated rings. The number of rotatable bonds is 5. The lowest BCUT2D eigenvalue weighted by Crippen LogP contribution is -2.23. The Hall–Kier alpha value is -0.390. The second-order valence-electron chi connectivity index (χ2n) is 5.88. The molecule has 0 amide bonds. The van der Waals surface area contributed by atoms with E-state index in [0.717, 1.165) is 16.1 Å². The fraction of sp³-hybridized carbons (Fsp3) is 0.786.